The molecule has 1 unspecified atom stereocenters. The van der Waals surface area contributed by atoms with Gasteiger partial charge in [0.15, 0.2) is 0 Å². The minimum Gasteiger partial charge on any atom is -0.368 e. The molecule has 1 atom stereocenters. The fraction of sp³-hybridized carbons (Fsp3) is 0.429. The molecule has 1 aliphatic heterocycles. The van der Waals surface area contributed by atoms with Crippen LogP contribution in [-0.4, -0.2) is 6.61 Å². The highest BCUT2D eigenvalue weighted by Gasteiger charge is 2.29. The van der Waals surface area contributed by atoms with Crippen LogP contribution < -0.4 is 0 Å². The van der Waals surface area contributed by atoms with Gasteiger partial charge in [0.2, 0.25) is 0 Å². The summed E-state index contributed by atoms with van der Waals surface area (Å²) >= 11 is 6.28. The Kier molecular flexibility index (Phi) is 4.36. The molecule has 0 spiro atoms. The summed E-state index contributed by atoms with van der Waals surface area (Å²) in [5.41, 5.74) is 3.68. The topological polar surface area (TPSA) is 12.5 Å². The second-order valence-corrected chi connectivity index (χ2v) is 7.61. The van der Waals surface area contributed by atoms with Crippen molar-refractivity contribution in [3.05, 3.63) is 58.4 Å². The Morgan fingerprint density at radius 3 is 2.29 bits per heavy atom. The maximum absolute atomic E-state index is 14.4. The van der Waals surface area contributed by atoms with E-state index in [1.807, 2.05) is 6.07 Å². The van der Waals surface area contributed by atoms with Crippen molar-refractivity contribution >= 4 is 11.6 Å². The Balaban J connectivity index is 1.58. The molecule has 0 N–H and O–H groups in total. The Morgan fingerprint density at radius 2 is 1.67 bits per heavy atom. The van der Waals surface area contributed by atoms with Crippen LogP contribution in [-0.2, 0) is 4.74 Å². The van der Waals surface area contributed by atoms with Crippen molar-refractivity contribution in [2.24, 2.45) is 5.92 Å². The molecule has 0 aromatic heterocycles. The Morgan fingerprint density at radius 1 is 1.00 bits per heavy atom. The minimum atomic E-state index is -0.345. The SMILES string of the molecule is CC1CCC(c2ccc(-c3ccc(C4CO4)c(F)c3Cl)cc2)CC1. The van der Waals surface area contributed by atoms with E-state index >= 15 is 0 Å². The largest absolute Gasteiger partial charge is 0.368 e. The lowest BCUT2D eigenvalue weighted by Crippen LogP contribution is -2.10. The van der Waals surface area contributed by atoms with Crippen molar-refractivity contribution in [1.29, 1.82) is 0 Å². The first-order valence-corrected chi connectivity index (χ1v) is 9.21. The van der Waals surface area contributed by atoms with Crippen LogP contribution in [0.3, 0.4) is 0 Å². The number of ether oxygens (including phenoxy) is 1. The van der Waals surface area contributed by atoms with Crippen LogP contribution in [0.4, 0.5) is 4.39 Å². The summed E-state index contributed by atoms with van der Waals surface area (Å²) in [6, 6.07) is 12.2. The first-order chi connectivity index (χ1) is 11.6. The smallest absolute Gasteiger partial charge is 0.148 e. The lowest BCUT2D eigenvalue weighted by atomic mass is 9.79. The molecule has 1 heterocycles. The van der Waals surface area contributed by atoms with Crippen molar-refractivity contribution in [3.8, 4) is 11.1 Å². The zero-order valence-corrected chi connectivity index (χ0v) is 14.7. The van der Waals surface area contributed by atoms with Gasteiger partial charge in [-0.25, -0.2) is 4.39 Å². The van der Waals surface area contributed by atoms with Crippen molar-refractivity contribution in [1.82, 2.24) is 0 Å². The average Bonchev–Trinajstić information content (AvgIpc) is 3.43. The molecule has 3 heteroatoms. The Hall–Kier alpha value is -1.38. The molecule has 1 saturated heterocycles. The third-order valence-electron chi connectivity index (χ3n) is 5.50. The maximum Gasteiger partial charge on any atom is 0.148 e. The van der Waals surface area contributed by atoms with Crippen LogP contribution in [0.25, 0.3) is 11.1 Å². The fourth-order valence-electron chi connectivity index (χ4n) is 3.79. The van der Waals surface area contributed by atoms with Gasteiger partial charge in [0.1, 0.15) is 11.9 Å². The highest BCUT2D eigenvalue weighted by Crippen LogP contribution is 2.40. The van der Waals surface area contributed by atoms with Crippen molar-refractivity contribution in [2.75, 3.05) is 6.61 Å². The summed E-state index contributed by atoms with van der Waals surface area (Å²) in [7, 11) is 0. The molecule has 1 aliphatic carbocycles. The third kappa shape index (κ3) is 3.10. The summed E-state index contributed by atoms with van der Waals surface area (Å²) in [4.78, 5) is 0. The Labute approximate surface area is 147 Å². The van der Waals surface area contributed by atoms with Gasteiger partial charge in [0.05, 0.1) is 11.6 Å². The summed E-state index contributed by atoms with van der Waals surface area (Å²) in [5.74, 6) is 1.18. The molecule has 24 heavy (non-hydrogen) atoms. The van der Waals surface area contributed by atoms with Gasteiger partial charge in [-0.15, -0.1) is 0 Å². The van der Waals surface area contributed by atoms with E-state index in [1.54, 1.807) is 6.07 Å². The van der Waals surface area contributed by atoms with Crippen LogP contribution in [0.1, 0.15) is 55.8 Å². The van der Waals surface area contributed by atoms with Crippen molar-refractivity contribution in [2.45, 2.75) is 44.6 Å². The zero-order chi connectivity index (χ0) is 16.7. The third-order valence-corrected chi connectivity index (χ3v) is 5.87. The van der Waals surface area contributed by atoms with Gasteiger partial charge < -0.3 is 4.74 Å². The molecule has 4 rings (SSSR count). The van der Waals surface area contributed by atoms with E-state index in [2.05, 4.69) is 31.2 Å². The maximum atomic E-state index is 14.4. The van der Waals surface area contributed by atoms with E-state index < -0.39 is 0 Å². The number of hydrogen-bond acceptors (Lipinski definition) is 1. The fourth-order valence-corrected chi connectivity index (χ4v) is 4.07. The lowest BCUT2D eigenvalue weighted by molar-refractivity contribution is 0.348. The quantitative estimate of drug-likeness (QED) is 0.578. The van der Waals surface area contributed by atoms with Gasteiger partial charge in [-0.2, -0.15) is 0 Å². The number of benzene rings is 2. The minimum absolute atomic E-state index is 0.118. The average molecular weight is 345 g/mol. The Bertz CT molecular complexity index is 728. The number of epoxide rings is 1. The summed E-state index contributed by atoms with van der Waals surface area (Å²) < 4.78 is 19.6. The molecular weight excluding hydrogens is 323 g/mol. The molecule has 2 aromatic rings. The summed E-state index contributed by atoms with van der Waals surface area (Å²) in [5, 5.41) is 0.197. The molecule has 1 saturated carbocycles. The molecule has 0 bridgehead atoms. The normalized spacial score (nSPS) is 26.4. The molecule has 126 valence electrons. The van der Waals surface area contributed by atoms with E-state index in [-0.39, 0.29) is 16.9 Å². The monoisotopic (exact) mass is 344 g/mol. The van der Waals surface area contributed by atoms with Crippen LogP contribution in [0.2, 0.25) is 5.02 Å². The number of halogens is 2. The molecule has 2 aromatic carbocycles. The van der Waals surface area contributed by atoms with Gasteiger partial charge in [-0.1, -0.05) is 67.8 Å². The first-order valence-electron chi connectivity index (χ1n) is 8.83. The van der Waals surface area contributed by atoms with Gasteiger partial charge >= 0.3 is 0 Å². The van der Waals surface area contributed by atoms with E-state index in [4.69, 9.17) is 16.3 Å². The van der Waals surface area contributed by atoms with Crippen LogP contribution >= 0.6 is 11.6 Å². The van der Waals surface area contributed by atoms with Gasteiger partial charge in [-0.3, -0.25) is 0 Å². The van der Waals surface area contributed by atoms with E-state index in [0.717, 1.165) is 17.0 Å². The number of hydrogen-bond donors (Lipinski definition) is 0. The highest BCUT2D eigenvalue weighted by molar-refractivity contribution is 6.33. The zero-order valence-electron chi connectivity index (χ0n) is 13.9. The van der Waals surface area contributed by atoms with Crippen LogP contribution in [0, 0.1) is 11.7 Å². The van der Waals surface area contributed by atoms with Gasteiger partial charge in [0.25, 0.3) is 0 Å². The predicted molar refractivity (Wildman–Crippen MR) is 95.9 cm³/mol. The van der Waals surface area contributed by atoms with E-state index in [9.17, 15) is 4.39 Å². The second-order valence-electron chi connectivity index (χ2n) is 7.23. The molecule has 2 fully saturated rings. The molecule has 1 nitrogen and oxygen atoms in total. The molecule has 0 radical (unpaired) electrons. The molecular formula is C21H22ClFO. The van der Waals surface area contributed by atoms with Crippen LogP contribution in [0.5, 0.6) is 0 Å². The van der Waals surface area contributed by atoms with Gasteiger partial charge in [-0.05, 0) is 35.8 Å². The summed E-state index contributed by atoms with van der Waals surface area (Å²) in [6.45, 7) is 2.92. The van der Waals surface area contributed by atoms with E-state index in [1.165, 1.54) is 31.2 Å². The lowest BCUT2D eigenvalue weighted by Gasteiger charge is -2.26. The predicted octanol–water partition coefficient (Wildman–Crippen LogP) is 6.51. The van der Waals surface area contributed by atoms with E-state index in [0.29, 0.717) is 18.1 Å². The van der Waals surface area contributed by atoms with Crippen molar-refractivity contribution in [3.63, 3.8) is 0 Å². The van der Waals surface area contributed by atoms with Crippen LogP contribution in [0.15, 0.2) is 36.4 Å². The first kappa shape index (κ1) is 16.1. The highest BCUT2D eigenvalue weighted by atomic mass is 35.5. The summed E-state index contributed by atoms with van der Waals surface area (Å²) in [6.07, 6.45) is 5.05. The van der Waals surface area contributed by atoms with Crippen molar-refractivity contribution < 1.29 is 9.13 Å². The number of rotatable bonds is 3. The second kappa shape index (κ2) is 6.50. The molecule has 2 aliphatic rings. The molecule has 0 amide bonds. The van der Waals surface area contributed by atoms with Gasteiger partial charge in [0, 0.05) is 11.1 Å². The standard InChI is InChI=1S/C21H22ClFO/c1-13-2-4-14(5-3-13)15-6-8-16(9-7-15)17-10-11-18(19-12-24-19)21(23)20(17)22/h6-11,13-14,19H,2-5,12H2,1H3.